The number of hydrogen-bond acceptors (Lipinski definition) is 8. The molecule has 0 fully saturated rings. The molecule has 0 saturated carbocycles. The lowest BCUT2D eigenvalue weighted by molar-refractivity contribution is -0.142. The van der Waals surface area contributed by atoms with Crippen molar-refractivity contribution in [3.63, 3.8) is 0 Å². The number of nitrogens with one attached hydrogen (secondary N) is 4. The normalized spacial score (nSPS) is 12.7. The summed E-state index contributed by atoms with van der Waals surface area (Å²) in [6.45, 7) is -0.986. The van der Waals surface area contributed by atoms with E-state index in [1.807, 2.05) is 0 Å². The van der Waals surface area contributed by atoms with E-state index in [4.69, 9.17) is 11.5 Å². The first-order valence-corrected chi connectivity index (χ1v) is 12.7. The van der Waals surface area contributed by atoms with Crippen LogP contribution in [0.4, 0.5) is 0 Å². The van der Waals surface area contributed by atoms with Crippen molar-refractivity contribution in [1.82, 2.24) is 21.3 Å². The lowest BCUT2D eigenvalue weighted by Crippen LogP contribution is -2.54. The number of amides is 5. The summed E-state index contributed by atoms with van der Waals surface area (Å²) >= 11 is 0. The molecule has 0 aliphatic rings. The number of nitrogens with two attached hydrogens (primary N) is 2. The van der Waals surface area contributed by atoms with E-state index < -0.39 is 66.7 Å². The molecule has 0 radical (unpaired) electrons. The standard InChI is InChI=1S/C27H34N6O8/c28-19(12-17-6-8-18(34)9-7-17)25(38)31-14-23(36)30-15-24(37)32-21(13-16-4-2-1-3-5-16)26(39)33-20(27(40)41)10-11-22(29)35/h1-9,19-21,34H,10-15,28H2,(H2,29,35)(H,30,36)(H,31,38)(H,32,37)(H,33,39)(H,40,41)/t19-,20-,21-/m0/s1. The fourth-order valence-corrected chi connectivity index (χ4v) is 3.64. The molecule has 0 aliphatic carbocycles. The molecule has 10 N–H and O–H groups in total. The topological polar surface area (TPSA) is 243 Å². The van der Waals surface area contributed by atoms with Crippen LogP contribution in [0.3, 0.4) is 0 Å². The molecule has 0 aromatic heterocycles. The van der Waals surface area contributed by atoms with Gasteiger partial charge in [-0.15, -0.1) is 0 Å². The maximum absolute atomic E-state index is 12.9. The third-order valence-electron chi connectivity index (χ3n) is 5.83. The van der Waals surface area contributed by atoms with Crippen molar-refractivity contribution in [2.45, 2.75) is 43.8 Å². The van der Waals surface area contributed by atoms with Crippen molar-refractivity contribution >= 4 is 35.5 Å². The fourth-order valence-electron chi connectivity index (χ4n) is 3.64. The van der Waals surface area contributed by atoms with Crippen LogP contribution in [0.25, 0.3) is 0 Å². The van der Waals surface area contributed by atoms with Gasteiger partial charge in [0.15, 0.2) is 0 Å². The maximum Gasteiger partial charge on any atom is 0.326 e. The van der Waals surface area contributed by atoms with Gasteiger partial charge < -0.3 is 42.9 Å². The number of hydrogen-bond donors (Lipinski definition) is 8. The second-order valence-corrected chi connectivity index (χ2v) is 9.19. The number of rotatable bonds is 16. The Kier molecular flexibility index (Phi) is 12.7. The van der Waals surface area contributed by atoms with Gasteiger partial charge in [0.1, 0.15) is 17.8 Å². The smallest absolute Gasteiger partial charge is 0.326 e. The number of phenolic OH excluding ortho intramolecular Hbond substituents is 1. The van der Waals surface area contributed by atoms with E-state index in [0.717, 1.165) is 0 Å². The zero-order valence-electron chi connectivity index (χ0n) is 22.2. The molecule has 0 saturated heterocycles. The molecule has 2 rings (SSSR count). The molecule has 14 nitrogen and oxygen atoms in total. The van der Waals surface area contributed by atoms with Gasteiger partial charge in [0.2, 0.25) is 29.5 Å². The first kappa shape index (κ1) is 32.2. The Labute approximate surface area is 235 Å². The van der Waals surface area contributed by atoms with E-state index in [1.54, 1.807) is 42.5 Å². The maximum atomic E-state index is 12.9. The number of primary amides is 1. The molecule has 220 valence electrons. The van der Waals surface area contributed by atoms with Crippen LogP contribution in [0.2, 0.25) is 0 Å². The summed E-state index contributed by atoms with van der Waals surface area (Å²) < 4.78 is 0. The van der Waals surface area contributed by atoms with Gasteiger partial charge in [-0.25, -0.2) is 4.79 Å². The SMILES string of the molecule is NC(=O)CC[C@H](NC(=O)[C@H](Cc1ccccc1)NC(=O)CNC(=O)CNC(=O)[C@@H](N)Cc1ccc(O)cc1)C(=O)O. The third kappa shape index (κ3) is 12.2. The zero-order chi connectivity index (χ0) is 30.4. The van der Waals surface area contributed by atoms with Crippen LogP contribution in [0.5, 0.6) is 5.75 Å². The minimum absolute atomic E-state index is 0.0174. The van der Waals surface area contributed by atoms with Gasteiger partial charge in [-0.2, -0.15) is 0 Å². The van der Waals surface area contributed by atoms with Crippen LogP contribution < -0.4 is 32.7 Å². The Morgan fingerprint density at radius 1 is 0.732 bits per heavy atom. The lowest BCUT2D eigenvalue weighted by Gasteiger charge is -2.21. The van der Waals surface area contributed by atoms with Gasteiger partial charge in [0.05, 0.1) is 19.1 Å². The van der Waals surface area contributed by atoms with E-state index in [1.165, 1.54) is 12.1 Å². The van der Waals surface area contributed by atoms with E-state index in [2.05, 4.69) is 21.3 Å². The minimum atomic E-state index is -1.41. The van der Waals surface area contributed by atoms with Crippen LogP contribution in [0, 0.1) is 0 Å². The first-order chi connectivity index (χ1) is 19.4. The highest BCUT2D eigenvalue weighted by Gasteiger charge is 2.27. The van der Waals surface area contributed by atoms with Crippen molar-refractivity contribution in [2.24, 2.45) is 11.5 Å². The number of carboxylic acid groups (broad SMARTS) is 1. The average Bonchev–Trinajstić information content (AvgIpc) is 2.93. The number of benzene rings is 2. The fraction of sp³-hybridized carbons (Fsp3) is 0.333. The molecule has 0 spiro atoms. The zero-order valence-corrected chi connectivity index (χ0v) is 22.2. The Morgan fingerprint density at radius 3 is 1.95 bits per heavy atom. The highest BCUT2D eigenvalue weighted by Crippen LogP contribution is 2.11. The van der Waals surface area contributed by atoms with Gasteiger partial charge in [0.25, 0.3) is 0 Å². The van der Waals surface area contributed by atoms with Crippen LogP contribution >= 0.6 is 0 Å². The Balaban J connectivity index is 1.89. The average molecular weight is 571 g/mol. The highest BCUT2D eigenvalue weighted by atomic mass is 16.4. The van der Waals surface area contributed by atoms with Gasteiger partial charge in [-0.1, -0.05) is 42.5 Å². The molecular weight excluding hydrogens is 536 g/mol. The molecule has 3 atom stereocenters. The second-order valence-electron chi connectivity index (χ2n) is 9.19. The molecule has 2 aromatic carbocycles. The second kappa shape index (κ2) is 16.2. The van der Waals surface area contributed by atoms with Crippen molar-refractivity contribution < 1.29 is 39.0 Å². The lowest BCUT2D eigenvalue weighted by atomic mass is 10.0. The molecule has 0 aliphatic heterocycles. The van der Waals surface area contributed by atoms with Gasteiger partial charge in [0, 0.05) is 12.8 Å². The van der Waals surface area contributed by atoms with Crippen molar-refractivity contribution in [3.8, 4) is 5.75 Å². The van der Waals surface area contributed by atoms with E-state index >= 15 is 0 Å². The van der Waals surface area contributed by atoms with E-state index in [9.17, 15) is 39.0 Å². The first-order valence-electron chi connectivity index (χ1n) is 12.7. The van der Waals surface area contributed by atoms with E-state index in [-0.39, 0.29) is 31.4 Å². The monoisotopic (exact) mass is 570 g/mol. The predicted molar refractivity (Wildman–Crippen MR) is 146 cm³/mol. The summed E-state index contributed by atoms with van der Waals surface area (Å²) in [6.07, 6.45) is -0.310. The summed E-state index contributed by atoms with van der Waals surface area (Å²) in [5.74, 6) is -4.86. The molecule has 14 heteroatoms. The number of carboxylic acids is 1. The number of aromatic hydroxyl groups is 1. The van der Waals surface area contributed by atoms with Gasteiger partial charge in [-0.05, 0) is 36.1 Å². The molecule has 41 heavy (non-hydrogen) atoms. The quantitative estimate of drug-likeness (QED) is 0.112. The molecule has 0 heterocycles. The minimum Gasteiger partial charge on any atom is -0.508 e. The Morgan fingerprint density at radius 2 is 1.34 bits per heavy atom. The van der Waals surface area contributed by atoms with Crippen molar-refractivity contribution in [2.75, 3.05) is 13.1 Å². The molecule has 2 aromatic rings. The van der Waals surface area contributed by atoms with Gasteiger partial charge in [-0.3, -0.25) is 24.0 Å². The summed E-state index contributed by atoms with van der Waals surface area (Å²) in [4.78, 5) is 72.4. The number of phenols is 1. The summed E-state index contributed by atoms with van der Waals surface area (Å²) in [5.41, 5.74) is 12.3. The summed E-state index contributed by atoms with van der Waals surface area (Å²) in [5, 5.41) is 28.2. The number of aliphatic carboxylic acids is 1. The summed E-state index contributed by atoms with van der Waals surface area (Å²) in [6, 6.07) is 11.2. The highest BCUT2D eigenvalue weighted by molar-refractivity contribution is 5.93. The van der Waals surface area contributed by atoms with Crippen LogP contribution in [-0.2, 0) is 41.6 Å². The predicted octanol–water partition coefficient (Wildman–Crippen LogP) is -1.94. The van der Waals surface area contributed by atoms with Crippen LogP contribution in [0.15, 0.2) is 54.6 Å². The summed E-state index contributed by atoms with van der Waals surface area (Å²) in [7, 11) is 0. The molecule has 0 unspecified atom stereocenters. The molecule has 0 bridgehead atoms. The Hall–Kier alpha value is -4.98. The van der Waals surface area contributed by atoms with Crippen LogP contribution in [0.1, 0.15) is 24.0 Å². The van der Waals surface area contributed by atoms with Crippen molar-refractivity contribution in [1.29, 1.82) is 0 Å². The number of carbonyl (C=O) groups excluding carboxylic acids is 5. The number of carbonyl (C=O) groups is 6. The Bertz CT molecular complexity index is 1220. The molecule has 5 amide bonds. The molecular formula is C27H34N6O8. The van der Waals surface area contributed by atoms with E-state index in [0.29, 0.717) is 11.1 Å². The third-order valence-corrected chi connectivity index (χ3v) is 5.83. The van der Waals surface area contributed by atoms with Crippen molar-refractivity contribution in [3.05, 3.63) is 65.7 Å². The largest absolute Gasteiger partial charge is 0.508 e. The van der Waals surface area contributed by atoms with Gasteiger partial charge >= 0.3 is 5.97 Å². The van der Waals surface area contributed by atoms with Crippen LogP contribution in [-0.4, -0.2) is 76.9 Å².